The third kappa shape index (κ3) is 5.96. The Morgan fingerprint density at radius 2 is 1.86 bits per heavy atom. The summed E-state index contributed by atoms with van der Waals surface area (Å²) in [5.41, 5.74) is 3.09. The molecule has 0 radical (unpaired) electrons. The summed E-state index contributed by atoms with van der Waals surface area (Å²) in [4.78, 5) is 32.4. The van der Waals surface area contributed by atoms with Gasteiger partial charge in [0.1, 0.15) is 5.69 Å². The van der Waals surface area contributed by atoms with Crippen LogP contribution in [-0.4, -0.2) is 27.5 Å². The van der Waals surface area contributed by atoms with Gasteiger partial charge in [0.15, 0.2) is 0 Å². The van der Waals surface area contributed by atoms with E-state index >= 15 is 0 Å². The van der Waals surface area contributed by atoms with E-state index in [9.17, 15) is 25.0 Å². The fourth-order valence-corrected chi connectivity index (χ4v) is 2.49. The lowest BCUT2D eigenvalue weighted by molar-refractivity contribution is -0.393. The van der Waals surface area contributed by atoms with Gasteiger partial charge in [0, 0.05) is 6.07 Å². The average Bonchev–Trinajstić information content (AvgIpc) is 2.71. The zero-order valence-electron chi connectivity index (χ0n) is 15.6. The molecular formula is C19H19N5O5. The van der Waals surface area contributed by atoms with E-state index in [0.717, 1.165) is 23.8 Å². The van der Waals surface area contributed by atoms with E-state index in [1.54, 1.807) is 6.92 Å². The first-order chi connectivity index (χ1) is 13.8. The van der Waals surface area contributed by atoms with Crippen molar-refractivity contribution in [1.82, 2.24) is 5.32 Å². The predicted octanol–water partition coefficient (Wildman–Crippen LogP) is 3.20. The van der Waals surface area contributed by atoms with Gasteiger partial charge in [-0.2, -0.15) is 5.10 Å². The van der Waals surface area contributed by atoms with Gasteiger partial charge in [-0.1, -0.05) is 36.9 Å². The summed E-state index contributed by atoms with van der Waals surface area (Å²) in [7, 11) is 0. The lowest BCUT2D eigenvalue weighted by Crippen LogP contribution is -2.40. The molecule has 2 aromatic carbocycles. The second-order valence-corrected chi connectivity index (χ2v) is 6.04. The minimum Gasteiger partial charge on any atom is -0.344 e. The SMILES string of the molecule is C=CC(=O)NC(Cc1ccccc1)/C(C)=N/Nc1ccc([N+](=O)[O-])cc1[N+](=O)[O-]. The first-order valence-electron chi connectivity index (χ1n) is 8.51. The van der Waals surface area contributed by atoms with Gasteiger partial charge in [0.05, 0.1) is 27.7 Å². The van der Waals surface area contributed by atoms with Crippen LogP contribution in [-0.2, 0) is 11.2 Å². The highest BCUT2D eigenvalue weighted by molar-refractivity contribution is 5.95. The third-order valence-electron chi connectivity index (χ3n) is 4.03. The van der Waals surface area contributed by atoms with Crippen LogP contribution in [0.15, 0.2) is 66.3 Å². The summed E-state index contributed by atoms with van der Waals surface area (Å²) in [5.74, 6) is -0.387. The number of hydrogen-bond acceptors (Lipinski definition) is 7. The van der Waals surface area contributed by atoms with Crippen LogP contribution >= 0.6 is 0 Å². The first kappa shape index (κ1) is 21.2. The Hall–Kier alpha value is -4.08. The van der Waals surface area contributed by atoms with E-state index in [1.807, 2.05) is 30.3 Å². The largest absolute Gasteiger partial charge is 0.344 e. The molecule has 10 heteroatoms. The number of hydrazone groups is 1. The Kier molecular flexibility index (Phi) is 7.13. The first-order valence-corrected chi connectivity index (χ1v) is 8.51. The number of amides is 1. The number of non-ortho nitro benzene ring substituents is 1. The normalized spacial score (nSPS) is 12.0. The minimum atomic E-state index is -0.735. The maximum Gasteiger partial charge on any atom is 0.301 e. The number of carbonyl (C=O) groups is 1. The van der Waals surface area contributed by atoms with Gasteiger partial charge in [-0.15, -0.1) is 0 Å². The van der Waals surface area contributed by atoms with E-state index in [-0.39, 0.29) is 11.6 Å². The smallest absolute Gasteiger partial charge is 0.301 e. The minimum absolute atomic E-state index is 0.00606. The number of nitrogens with one attached hydrogen (secondary N) is 2. The number of nitro benzene ring substituents is 2. The lowest BCUT2D eigenvalue weighted by Gasteiger charge is -2.18. The monoisotopic (exact) mass is 397 g/mol. The Bertz CT molecular complexity index is 959. The maximum absolute atomic E-state index is 11.8. The highest BCUT2D eigenvalue weighted by Gasteiger charge is 2.20. The molecule has 29 heavy (non-hydrogen) atoms. The Balaban J connectivity index is 2.27. The van der Waals surface area contributed by atoms with Crippen LogP contribution in [0.2, 0.25) is 0 Å². The molecule has 0 aliphatic rings. The molecule has 0 aromatic heterocycles. The van der Waals surface area contributed by atoms with Crippen molar-refractivity contribution in [3.05, 3.63) is 87.0 Å². The van der Waals surface area contributed by atoms with Crippen molar-refractivity contribution in [1.29, 1.82) is 0 Å². The van der Waals surface area contributed by atoms with Gasteiger partial charge in [0.25, 0.3) is 5.69 Å². The van der Waals surface area contributed by atoms with Gasteiger partial charge >= 0.3 is 5.69 Å². The zero-order chi connectivity index (χ0) is 21.4. The van der Waals surface area contributed by atoms with Crippen molar-refractivity contribution in [3.8, 4) is 0 Å². The molecule has 0 spiro atoms. The van der Waals surface area contributed by atoms with Crippen molar-refractivity contribution in [2.75, 3.05) is 5.43 Å². The summed E-state index contributed by atoms with van der Waals surface area (Å²) >= 11 is 0. The molecule has 1 atom stereocenters. The quantitative estimate of drug-likeness (QED) is 0.288. The summed E-state index contributed by atoms with van der Waals surface area (Å²) < 4.78 is 0. The van der Waals surface area contributed by atoms with Crippen LogP contribution in [0.3, 0.4) is 0 Å². The van der Waals surface area contributed by atoms with E-state index in [1.165, 1.54) is 6.07 Å². The van der Waals surface area contributed by atoms with Gasteiger partial charge in [0.2, 0.25) is 5.91 Å². The van der Waals surface area contributed by atoms with Crippen LogP contribution in [0.25, 0.3) is 0 Å². The third-order valence-corrected chi connectivity index (χ3v) is 4.03. The number of carbonyl (C=O) groups excluding carboxylic acids is 1. The topological polar surface area (TPSA) is 140 Å². The lowest BCUT2D eigenvalue weighted by atomic mass is 10.0. The van der Waals surface area contributed by atoms with Gasteiger partial charge in [-0.05, 0) is 31.1 Å². The predicted molar refractivity (Wildman–Crippen MR) is 109 cm³/mol. The highest BCUT2D eigenvalue weighted by atomic mass is 16.6. The summed E-state index contributed by atoms with van der Waals surface area (Å²) in [6.45, 7) is 5.08. The number of benzene rings is 2. The van der Waals surface area contributed by atoms with Crippen LogP contribution in [0, 0.1) is 20.2 Å². The van der Waals surface area contributed by atoms with E-state index < -0.39 is 27.3 Å². The molecule has 150 valence electrons. The molecule has 2 N–H and O–H groups in total. The zero-order valence-corrected chi connectivity index (χ0v) is 15.6. The van der Waals surface area contributed by atoms with Crippen molar-refractivity contribution in [2.24, 2.45) is 5.10 Å². The second-order valence-electron chi connectivity index (χ2n) is 6.04. The van der Waals surface area contributed by atoms with Gasteiger partial charge in [-0.3, -0.25) is 30.4 Å². The molecule has 0 bridgehead atoms. The number of hydrogen-bond donors (Lipinski definition) is 2. The van der Waals surface area contributed by atoms with E-state index in [0.29, 0.717) is 12.1 Å². The average molecular weight is 397 g/mol. The Labute approximate surface area is 166 Å². The number of rotatable bonds is 9. The van der Waals surface area contributed by atoms with Crippen molar-refractivity contribution < 1.29 is 14.6 Å². The molecular weight excluding hydrogens is 378 g/mol. The summed E-state index contributed by atoms with van der Waals surface area (Å²) in [6.07, 6.45) is 1.58. The highest BCUT2D eigenvalue weighted by Crippen LogP contribution is 2.28. The fraction of sp³-hybridized carbons (Fsp3) is 0.158. The molecule has 2 rings (SSSR count). The van der Waals surface area contributed by atoms with Gasteiger partial charge in [-0.25, -0.2) is 0 Å². The van der Waals surface area contributed by atoms with Crippen LogP contribution in [0.1, 0.15) is 12.5 Å². The molecule has 1 amide bonds. The molecule has 0 aliphatic heterocycles. The van der Waals surface area contributed by atoms with E-state index in [2.05, 4.69) is 22.4 Å². The molecule has 0 heterocycles. The maximum atomic E-state index is 11.8. The molecule has 1 unspecified atom stereocenters. The number of anilines is 1. The number of nitrogens with zero attached hydrogens (tertiary/aromatic N) is 3. The summed E-state index contributed by atoms with van der Waals surface area (Å²) in [6, 6.07) is 12.1. The number of nitro groups is 2. The summed E-state index contributed by atoms with van der Waals surface area (Å²) in [5, 5.41) is 29.0. The fourth-order valence-electron chi connectivity index (χ4n) is 2.49. The van der Waals surface area contributed by atoms with E-state index in [4.69, 9.17) is 0 Å². The van der Waals surface area contributed by atoms with Crippen LogP contribution in [0.4, 0.5) is 17.1 Å². The van der Waals surface area contributed by atoms with Gasteiger partial charge < -0.3 is 5.32 Å². The molecule has 0 saturated carbocycles. The molecule has 2 aromatic rings. The van der Waals surface area contributed by atoms with Crippen LogP contribution in [0.5, 0.6) is 0 Å². The van der Waals surface area contributed by atoms with Crippen molar-refractivity contribution >= 4 is 28.7 Å². The molecule has 0 saturated heterocycles. The molecule has 0 fully saturated rings. The van der Waals surface area contributed by atoms with Crippen LogP contribution < -0.4 is 10.7 Å². The second kappa shape index (κ2) is 9.74. The Morgan fingerprint density at radius 3 is 2.45 bits per heavy atom. The van der Waals surface area contributed by atoms with Crippen molar-refractivity contribution in [2.45, 2.75) is 19.4 Å². The molecule has 0 aliphatic carbocycles. The standard InChI is InChI=1S/C19H19N5O5/c1-3-19(25)20-17(11-14-7-5-4-6-8-14)13(2)21-22-16-10-9-15(23(26)27)12-18(16)24(28)29/h3-10,12,17,22H,1,11H2,2H3,(H,20,25)/b21-13+. The molecule has 10 nitrogen and oxygen atoms in total. The van der Waals surface area contributed by atoms with Crippen molar-refractivity contribution in [3.63, 3.8) is 0 Å². The Morgan fingerprint density at radius 1 is 1.17 bits per heavy atom.